The van der Waals surface area contributed by atoms with Crippen LogP contribution in [0.2, 0.25) is 0 Å². The lowest BCUT2D eigenvalue weighted by atomic mass is 10.5. The van der Waals surface area contributed by atoms with Crippen LogP contribution in [0.15, 0.2) is 0 Å². The molecule has 0 bridgehead atoms. The van der Waals surface area contributed by atoms with Crippen molar-refractivity contribution >= 4 is 0 Å². The van der Waals surface area contributed by atoms with E-state index in [1.807, 2.05) is 0 Å². The molecule has 0 saturated carbocycles. The van der Waals surface area contributed by atoms with Crippen LogP contribution in [0.5, 0.6) is 0 Å². The Morgan fingerprint density at radius 2 is 1.40 bits per heavy atom. The number of aliphatic hydroxyl groups excluding tert-OH is 4. The Balaban J connectivity index is 0. The number of hydrogen-bond acceptors (Lipinski definition) is 4. The highest BCUT2D eigenvalue weighted by molar-refractivity contribution is 4.34. The lowest BCUT2D eigenvalue weighted by molar-refractivity contribution is 0.110. The van der Waals surface area contributed by atoms with Gasteiger partial charge in [-0.05, 0) is 13.3 Å². The largest absolute Gasteiger partial charge is 0.396 e. The van der Waals surface area contributed by atoms with Gasteiger partial charge >= 0.3 is 0 Å². The van der Waals surface area contributed by atoms with Crippen LogP contribution in [0, 0.1) is 0 Å². The summed E-state index contributed by atoms with van der Waals surface area (Å²) in [5.41, 5.74) is 0. The first-order chi connectivity index (χ1) is 4.68. The Morgan fingerprint density at radius 1 is 1.10 bits per heavy atom. The van der Waals surface area contributed by atoms with E-state index in [0.717, 1.165) is 0 Å². The van der Waals surface area contributed by atoms with Crippen LogP contribution >= 0.6 is 0 Å². The van der Waals surface area contributed by atoms with Gasteiger partial charge in [-0.3, -0.25) is 0 Å². The van der Waals surface area contributed by atoms with E-state index < -0.39 is 6.10 Å². The molecule has 4 heteroatoms. The third-order valence-corrected chi connectivity index (χ3v) is 0.580. The molecule has 0 aromatic heterocycles. The molecule has 4 nitrogen and oxygen atoms in total. The Hall–Kier alpha value is -0.160. The van der Waals surface area contributed by atoms with E-state index in [9.17, 15) is 0 Å². The molecule has 0 amide bonds. The first kappa shape index (κ1) is 12.5. The molecule has 4 N–H and O–H groups in total. The van der Waals surface area contributed by atoms with Crippen LogP contribution in [0.4, 0.5) is 0 Å². The van der Waals surface area contributed by atoms with Gasteiger partial charge in [0.2, 0.25) is 0 Å². The van der Waals surface area contributed by atoms with Crippen molar-refractivity contribution in [3.63, 3.8) is 0 Å². The number of rotatable bonds is 3. The molecule has 0 radical (unpaired) electrons. The number of aliphatic hydroxyl groups is 4. The van der Waals surface area contributed by atoms with Gasteiger partial charge in [0.25, 0.3) is 0 Å². The molecule has 0 aromatic rings. The van der Waals surface area contributed by atoms with Crippen LogP contribution in [0.3, 0.4) is 0 Å². The van der Waals surface area contributed by atoms with Crippen LogP contribution < -0.4 is 0 Å². The number of hydrogen-bond donors (Lipinski definition) is 4. The summed E-state index contributed by atoms with van der Waals surface area (Å²) >= 11 is 0. The average molecular weight is 152 g/mol. The molecule has 0 spiro atoms. The maximum atomic E-state index is 8.11. The van der Waals surface area contributed by atoms with Crippen molar-refractivity contribution in [2.24, 2.45) is 0 Å². The lowest BCUT2D eigenvalue weighted by Gasteiger charge is -1.90. The monoisotopic (exact) mass is 152 g/mol. The zero-order valence-corrected chi connectivity index (χ0v) is 6.19. The Morgan fingerprint density at radius 3 is 1.40 bits per heavy atom. The fraction of sp³-hybridized carbons (Fsp3) is 1.00. The zero-order valence-electron chi connectivity index (χ0n) is 6.19. The second-order valence-electron chi connectivity index (χ2n) is 1.83. The van der Waals surface area contributed by atoms with Gasteiger partial charge in [0.1, 0.15) is 0 Å². The van der Waals surface area contributed by atoms with Crippen molar-refractivity contribution in [3.05, 3.63) is 0 Å². The molecule has 0 aliphatic rings. The second-order valence-corrected chi connectivity index (χ2v) is 1.83. The smallest absolute Gasteiger partial charge is 0.0742 e. The van der Waals surface area contributed by atoms with Crippen LogP contribution in [0.1, 0.15) is 13.3 Å². The minimum absolute atomic E-state index is 0.0938. The first-order valence-corrected chi connectivity index (χ1v) is 3.19. The molecule has 0 heterocycles. The first-order valence-electron chi connectivity index (χ1n) is 3.19. The van der Waals surface area contributed by atoms with Crippen LogP contribution in [-0.4, -0.2) is 46.4 Å². The van der Waals surface area contributed by atoms with Crippen molar-refractivity contribution in [2.75, 3.05) is 19.8 Å². The van der Waals surface area contributed by atoms with E-state index >= 15 is 0 Å². The summed E-state index contributed by atoms with van der Waals surface area (Å²) in [6.07, 6.45) is -0.0602. The Kier molecular flexibility index (Phi) is 14.5. The summed E-state index contributed by atoms with van der Waals surface area (Å²) in [5.74, 6) is 0. The van der Waals surface area contributed by atoms with Crippen molar-refractivity contribution < 1.29 is 20.4 Å². The molecule has 1 atom stereocenters. The van der Waals surface area contributed by atoms with Gasteiger partial charge in [-0.2, -0.15) is 0 Å². The standard InChI is InChI=1S/2C3H8O2/c1-3(5)2-4;4-2-1-3-5/h3-5H,2H2,1H3;4-5H,1-3H2. The summed E-state index contributed by atoms with van der Waals surface area (Å²) in [6.45, 7) is 1.58. The maximum absolute atomic E-state index is 8.11. The summed E-state index contributed by atoms with van der Waals surface area (Å²) in [7, 11) is 0. The van der Waals surface area contributed by atoms with Gasteiger partial charge in [-0.15, -0.1) is 0 Å². The molecule has 0 saturated heterocycles. The van der Waals surface area contributed by atoms with E-state index in [1.165, 1.54) is 6.92 Å². The summed E-state index contributed by atoms with van der Waals surface area (Å²) in [4.78, 5) is 0. The van der Waals surface area contributed by atoms with Gasteiger partial charge in [0.05, 0.1) is 12.7 Å². The van der Waals surface area contributed by atoms with E-state index in [1.54, 1.807) is 0 Å². The average Bonchev–Trinajstić information content (AvgIpc) is 1.91. The highest BCUT2D eigenvalue weighted by Gasteiger charge is 1.83. The van der Waals surface area contributed by atoms with Gasteiger partial charge in [0, 0.05) is 13.2 Å². The van der Waals surface area contributed by atoms with Gasteiger partial charge in [0.15, 0.2) is 0 Å². The minimum atomic E-state index is -0.560. The fourth-order valence-electron chi connectivity index (χ4n) is 0.0707. The van der Waals surface area contributed by atoms with Crippen molar-refractivity contribution in [1.82, 2.24) is 0 Å². The molecule has 0 rings (SSSR count). The summed E-state index contributed by atoms with van der Waals surface area (Å²) in [6, 6.07) is 0. The van der Waals surface area contributed by atoms with E-state index in [0.29, 0.717) is 6.42 Å². The van der Waals surface area contributed by atoms with E-state index in [-0.39, 0.29) is 19.8 Å². The Labute approximate surface area is 60.7 Å². The molecule has 10 heavy (non-hydrogen) atoms. The Bertz CT molecular complexity index is 45.0. The third-order valence-electron chi connectivity index (χ3n) is 0.580. The molecule has 0 aliphatic carbocycles. The minimum Gasteiger partial charge on any atom is -0.396 e. The van der Waals surface area contributed by atoms with Gasteiger partial charge in [-0.1, -0.05) is 0 Å². The van der Waals surface area contributed by atoms with Crippen molar-refractivity contribution in [2.45, 2.75) is 19.4 Å². The van der Waals surface area contributed by atoms with E-state index in [4.69, 9.17) is 20.4 Å². The predicted octanol–water partition coefficient (Wildman–Crippen LogP) is -1.28. The molecule has 1 unspecified atom stereocenters. The zero-order chi connectivity index (χ0) is 8.41. The highest BCUT2D eigenvalue weighted by atomic mass is 16.3. The second kappa shape index (κ2) is 11.6. The quantitative estimate of drug-likeness (QED) is 0.406. The predicted molar refractivity (Wildman–Crippen MR) is 37.6 cm³/mol. The van der Waals surface area contributed by atoms with Crippen molar-refractivity contribution in [3.8, 4) is 0 Å². The molecule has 64 valence electrons. The van der Waals surface area contributed by atoms with E-state index in [2.05, 4.69) is 0 Å². The molecule has 0 aromatic carbocycles. The highest BCUT2D eigenvalue weighted by Crippen LogP contribution is 1.68. The normalized spacial score (nSPS) is 11.7. The van der Waals surface area contributed by atoms with Gasteiger partial charge < -0.3 is 20.4 Å². The molecular weight excluding hydrogens is 136 g/mol. The summed E-state index contributed by atoms with van der Waals surface area (Å²) < 4.78 is 0. The topological polar surface area (TPSA) is 80.9 Å². The summed E-state index contributed by atoms with van der Waals surface area (Å²) in [5, 5.41) is 31.8. The molecular formula is C6H16O4. The van der Waals surface area contributed by atoms with Crippen molar-refractivity contribution in [1.29, 1.82) is 0 Å². The van der Waals surface area contributed by atoms with Gasteiger partial charge in [-0.25, -0.2) is 0 Å². The third kappa shape index (κ3) is 24.9. The lowest BCUT2D eigenvalue weighted by Crippen LogP contribution is -2.03. The molecule has 0 fully saturated rings. The fourth-order valence-corrected chi connectivity index (χ4v) is 0.0707. The maximum Gasteiger partial charge on any atom is 0.0742 e. The van der Waals surface area contributed by atoms with Crippen LogP contribution in [-0.2, 0) is 0 Å². The van der Waals surface area contributed by atoms with Crippen LogP contribution in [0.25, 0.3) is 0 Å². The SMILES string of the molecule is CC(O)CO.OCCCO. The molecule has 0 aliphatic heterocycles.